The summed E-state index contributed by atoms with van der Waals surface area (Å²) in [6.45, 7) is 0. The van der Waals surface area contributed by atoms with Crippen LogP contribution in [0.3, 0.4) is 0 Å². The van der Waals surface area contributed by atoms with Crippen LogP contribution in [-0.4, -0.2) is 0 Å². The minimum atomic E-state index is 0. The van der Waals surface area contributed by atoms with Crippen molar-refractivity contribution in [3.8, 4) is 0 Å². The number of hydrogen-bond donors (Lipinski definition) is 1. The zero-order chi connectivity index (χ0) is 9.64. The van der Waals surface area contributed by atoms with E-state index in [2.05, 4.69) is 10.9 Å². The molecular formula is C12H11MoN2-. The quantitative estimate of drug-likeness (QED) is 0.672. The summed E-state index contributed by atoms with van der Waals surface area (Å²) in [5.41, 5.74) is 9.14. The van der Waals surface area contributed by atoms with Gasteiger partial charge in [0.05, 0.1) is 0 Å². The molecule has 2 rings (SSSR count). The average Bonchev–Trinajstić information content (AvgIpc) is 2.29. The molecule has 0 radical (unpaired) electrons. The van der Waals surface area contributed by atoms with Gasteiger partial charge in [0, 0.05) is 26.8 Å². The average molecular weight is 279 g/mol. The molecule has 0 aliphatic rings. The van der Waals surface area contributed by atoms with Crippen LogP contribution in [0.4, 0.5) is 11.4 Å². The minimum Gasteiger partial charge on any atom is -0.598 e. The van der Waals surface area contributed by atoms with Gasteiger partial charge < -0.3 is 10.9 Å². The van der Waals surface area contributed by atoms with Gasteiger partial charge >= 0.3 is 0 Å². The van der Waals surface area contributed by atoms with Crippen molar-refractivity contribution in [2.75, 3.05) is 5.43 Å². The van der Waals surface area contributed by atoms with Crippen molar-refractivity contribution in [2.45, 2.75) is 0 Å². The van der Waals surface area contributed by atoms with E-state index in [0.29, 0.717) is 0 Å². The zero-order valence-electron chi connectivity index (χ0n) is 8.13. The maximum absolute atomic E-state index is 4.23. The Labute approximate surface area is 104 Å². The Morgan fingerprint density at radius 3 is 1.87 bits per heavy atom. The molecule has 1 N–H and O–H groups in total. The number of nitrogens with zero attached hydrogens (tertiary/aromatic N) is 1. The second kappa shape index (κ2) is 6.26. The first-order valence-corrected chi connectivity index (χ1v) is 4.52. The van der Waals surface area contributed by atoms with Gasteiger partial charge in [-0.2, -0.15) is 0 Å². The second-order valence-electron chi connectivity index (χ2n) is 2.93. The van der Waals surface area contributed by atoms with Crippen LogP contribution in [0.2, 0.25) is 0 Å². The summed E-state index contributed by atoms with van der Waals surface area (Å²) in [4.78, 5) is 0. The second-order valence-corrected chi connectivity index (χ2v) is 2.93. The van der Waals surface area contributed by atoms with Gasteiger partial charge in [-0.3, -0.25) is 0 Å². The van der Waals surface area contributed by atoms with Crippen molar-refractivity contribution >= 4 is 11.4 Å². The Hall–Kier alpha value is -1.27. The molecule has 0 bridgehead atoms. The van der Waals surface area contributed by atoms with E-state index in [0.717, 1.165) is 11.4 Å². The van der Waals surface area contributed by atoms with E-state index in [1.807, 2.05) is 60.7 Å². The molecule has 0 aliphatic heterocycles. The fraction of sp³-hybridized carbons (Fsp3) is 0. The molecule has 0 saturated heterocycles. The van der Waals surface area contributed by atoms with Crippen molar-refractivity contribution in [3.05, 3.63) is 66.1 Å². The molecule has 0 fully saturated rings. The fourth-order valence-corrected chi connectivity index (χ4v) is 1.14. The zero-order valence-corrected chi connectivity index (χ0v) is 10.1. The summed E-state index contributed by atoms with van der Waals surface area (Å²) >= 11 is 0. The van der Waals surface area contributed by atoms with Gasteiger partial charge in [0.2, 0.25) is 0 Å². The van der Waals surface area contributed by atoms with Crippen LogP contribution in [-0.2, 0) is 21.1 Å². The Morgan fingerprint density at radius 2 is 1.27 bits per heavy atom. The molecule has 15 heavy (non-hydrogen) atoms. The molecule has 2 aromatic carbocycles. The van der Waals surface area contributed by atoms with Gasteiger partial charge in [-0.05, 0) is 12.1 Å². The maximum atomic E-state index is 4.23. The van der Waals surface area contributed by atoms with Gasteiger partial charge in [0.15, 0.2) is 0 Å². The predicted molar refractivity (Wildman–Crippen MR) is 59.5 cm³/mol. The van der Waals surface area contributed by atoms with Gasteiger partial charge in [-0.15, -0.1) is 5.69 Å². The molecule has 0 aliphatic carbocycles. The Kier molecular flexibility index (Phi) is 4.92. The van der Waals surface area contributed by atoms with Crippen molar-refractivity contribution in [2.24, 2.45) is 0 Å². The number of nitrogens with one attached hydrogen (secondary N) is 1. The number of anilines is 1. The molecular weight excluding hydrogens is 268 g/mol. The summed E-state index contributed by atoms with van der Waals surface area (Å²) in [5, 5.41) is 0. The van der Waals surface area contributed by atoms with E-state index in [9.17, 15) is 0 Å². The standard InChI is InChI=1S/C12H11N2.Mo/c1-3-7-11(8-4-1)13-14-12-9-5-2-6-10-12;/h1-10,13H;/q-1;. The van der Waals surface area contributed by atoms with Crippen LogP contribution in [0.15, 0.2) is 60.7 Å². The third-order valence-corrected chi connectivity index (χ3v) is 1.84. The number of para-hydroxylation sites is 2. The van der Waals surface area contributed by atoms with Crippen molar-refractivity contribution in [1.29, 1.82) is 0 Å². The third kappa shape index (κ3) is 3.76. The first-order valence-electron chi connectivity index (χ1n) is 4.52. The van der Waals surface area contributed by atoms with E-state index in [1.165, 1.54) is 0 Å². The van der Waals surface area contributed by atoms with Crippen molar-refractivity contribution < 1.29 is 21.1 Å². The molecule has 0 unspecified atom stereocenters. The molecule has 0 spiro atoms. The van der Waals surface area contributed by atoms with E-state index in [-0.39, 0.29) is 21.1 Å². The molecule has 2 aromatic rings. The van der Waals surface area contributed by atoms with Crippen LogP contribution < -0.4 is 5.43 Å². The van der Waals surface area contributed by atoms with Gasteiger partial charge in [0.25, 0.3) is 0 Å². The molecule has 0 atom stereocenters. The van der Waals surface area contributed by atoms with E-state index >= 15 is 0 Å². The van der Waals surface area contributed by atoms with Crippen LogP contribution in [0, 0.1) is 0 Å². The third-order valence-electron chi connectivity index (χ3n) is 1.84. The minimum absolute atomic E-state index is 0. The fourth-order valence-electron chi connectivity index (χ4n) is 1.14. The van der Waals surface area contributed by atoms with Gasteiger partial charge in [-0.25, -0.2) is 0 Å². The van der Waals surface area contributed by atoms with Crippen LogP contribution >= 0.6 is 0 Å². The maximum Gasteiger partial charge on any atom is 0.0206 e. The largest absolute Gasteiger partial charge is 0.598 e. The van der Waals surface area contributed by atoms with Gasteiger partial charge in [-0.1, -0.05) is 48.5 Å². The Balaban J connectivity index is 0.00000112. The van der Waals surface area contributed by atoms with Gasteiger partial charge in [0.1, 0.15) is 0 Å². The summed E-state index contributed by atoms with van der Waals surface area (Å²) in [6.07, 6.45) is 0. The summed E-state index contributed by atoms with van der Waals surface area (Å²) in [5.74, 6) is 0. The normalized spacial score (nSPS) is 8.80. The van der Waals surface area contributed by atoms with E-state index < -0.39 is 0 Å². The molecule has 3 heteroatoms. The first kappa shape index (κ1) is 11.8. The SMILES string of the molecule is [Mo].c1ccc([N-]Nc2ccccc2)cc1. The van der Waals surface area contributed by atoms with E-state index in [1.54, 1.807) is 0 Å². The summed E-state index contributed by atoms with van der Waals surface area (Å²) < 4.78 is 0. The van der Waals surface area contributed by atoms with Crippen LogP contribution in [0.5, 0.6) is 0 Å². The van der Waals surface area contributed by atoms with Crippen molar-refractivity contribution in [3.63, 3.8) is 0 Å². The van der Waals surface area contributed by atoms with Crippen molar-refractivity contribution in [1.82, 2.24) is 0 Å². The number of rotatable bonds is 3. The summed E-state index contributed by atoms with van der Waals surface area (Å²) in [7, 11) is 0. The topological polar surface area (TPSA) is 26.1 Å². The Morgan fingerprint density at radius 1 is 0.733 bits per heavy atom. The molecule has 0 heterocycles. The summed E-state index contributed by atoms with van der Waals surface area (Å²) in [6, 6.07) is 19.7. The molecule has 0 amide bonds. The number of benzene rings is 2. The monoisotopic (exact) mass is 281 g/mol. The molecule has 0 aromatic heterocycles. The molecule has 2 nitrogen and oxygen atoms in total. The molecule has 76 valence electrons. The first-order chi connectivity index (χ1) is 6.95. The smallest absolute Gasteiger partial charge is 0.0206 e. The van der Waals surface area contributed by atoms with Crippen LogP contribution in [0.1, 0.15) is 0 Å². The van der Waals surface area contributed by atoms with Crippen LogP contribution in [0.25, 0.3) is 5.43 Å². The number of hydrogen-bond acceptors (Lipinski definition) is 1. The predicted octanol–water partition coefficient (Wildman–Crippen LogP) is 3.72. The Bertz CT molecular complexity index is 336. The molecule has 0 saturated carbocycles. The van der Waals surface area contributed by atoms with E-state index in [4.69, 9.17) is 0 Å².